The molecule has 0 aliphatic carbocycles. The molecule has 0 spiro atoms. The van der Waals surface area contributed by atoms with E-state index in [4.69, 9.17) is 8.85 Å². The Kier molecular flexibility index (Phi) is 4.43. The lowest BCUT2D eigenvalue weighted by Gasteiger charge is -2.23. The van der Waals surface area contributed by atoms with Gasteiger partial charge in [-0.15, -0.1) is 0 Å². The van der Waals surface area contributed by atoms with Crippen LogP contribution in [0.3, 0.4) is 0 Å². The summed E-state index contributed by atoms with van der Waals surface area (Å²) in [7, 11) is 1.30. The van der Waals surface area contributed by atoms with Gasteiger partial charge >= 0.3 is 8.56 Å². The molecule has 0 atom stereocenters. The maximum atomic E-state index is 5.35. The number of hydrogen-bond acceptors (Lipinski definition) is 2. The maximum absolute atomic E-state index is 5.35. The smallest absolute Gasteiger partial charge is 0.331 e. The molecule has 4 heteroatoms. The van der Waals surface area contributed by atoms with Crippen LogP contribution < -0.4 is 0 Å². The summed E-state index contributed by atoms with van der Waals surface area (Å²) in [6, 6.07) is 0. The summed E-state index contributed by atoms with van der Waals surface area (Å²) in [6.45, 7) is 6.77. The predicted molar refractivity (Wildman–Crippen MR) is 49.3 cm³/mol. The molecule has 0 aromatic carbocycles. The highest BCUT2D eigenvalue weighted by Gasteiger charge is 2.29. The molecular formula is C6H18O2Si2. The minimum absolute atomic E-state index is 0.519. The van der Waals surface area contributed by atoms with Crippen LogP contribution in [0.15, 0.2) is 0 Å². The summed E-state index contributed by atoms with van der Waals surface area (Å²) < 4.78 is 10.7. The average molecular weight is 178 g/mol. The molecular weight excluding hydrogens is 160 g/mol. The molecule has 0 aromatic rings. The van der Waals surface area contributed by atoms with Crippen molar-refractivity contribution < 1.29 is 8.85 Å². The summed E-state index contributed by atoms with van der Waals surface area (Å²) in [4.78, 5) is 0. The predicted octanol–water partition coefficient (Wildman–Crippen LogP) is 1.38. The molecule has 0 saturated heterocycles. The van der Waals surface area contributed by atoms with E-state index in [1.165, 1.54) is 5.67 Å². The van der Waals surface area contributed by atoms with Crippen molar-refractivity contribution in [2.45, 2.75) is 25.3 Å². The lowest BCUT2D eigenvalue weighted by Crippen LogP contribution is -2.39. The fourth-order valence-corrected chi connectivity index (χ4v) is 8.42. The molecule has 0 amide bonds. The largest absolute Gasteiger partial charge is 0.398 e. The minimum atomic E-state index is -1.70. The summed E-state index contributed by atoms with van der Waals surface area (Å²) in [5.41, 5.74) is 1.21. The first-order valence-corrected chi connectivity index (χ1v) is 9.29. The van der Waals surface area contributed by atoms with Crippen LogP contribution in [0.1, 0.15) is 0 Å². The molecule has 0 aliphatic rings. The Hall–Kier alpha value is 0.354. The Morgan fingerprint density at radius 3 is 1.70 bits per heavy atom. The van der Waals surface area contributed by atoms with Crippen LogP contribution in [0.2, 0.25) is 25.3 Å². The van der Waals surface area contributed by atoms with Gasteiger partial charge in [-0.25, -0.2) is 0 Å². The molecule has 0 saturated carbocycles. The number of hydrogen-bond donors (Lipinski definition) is 0. The van der Waals surface area contributed by atoms with Crippen molar-refractivity contribution in [3.8, 4) is 0 Å². The normalized spacial score (nSPS) is 12.6. The summed E-state index contributed by atoms with van der Waals surface area (Å²) in [6.07, 6.45) is 0. The van der Waals surface area contributed by atoms with Crippen molar-refractivity contribution in [1.82, 2.24) is 0 Å². The van der Waals surface area contributed by atoms with Gasteiger partial charge in [0.1, 0.15) is 0 Å². The summed E-state index contributed by atoms with van der Waals surface area (Å²) >= 11 is 0. The van der Waals surface area contributed by atoms with Crippen LogP contribution >= 0.6 is 0 Å². The molecule has 0 heterocycles. The standard InChI is InChI=1S/C6H18O2Si2/c1-7-10(5,8-2)6-9(3)4/h9H,6H2,1-5H3. The highest BCUT2D eigenvalue weighted by molar-refractivity contribution is 6.80. The Labute approximate surface area is 66.4 Å². The first-order valence-electron chi connectivity index (χ1n) is 3.64. The van der Waals surface area contributed by atoms with Gasteiger partial charge in [0.25, 0.3) is 0 Å². The fraction of sp³-hybridized carbons (Fsp3) is 1.00. The van der Waals surface area contributed by atoms with E-state index in [9.17, 15) is 0 Å². The van der Waals surface area contributed by atoms with Crippen molar-refractivity contribution in [3.05, 3.63) is 0 Å². The molecule has 0 radical (unpaired) electrons. The maximum Gasteiger partial charge on any atom is 0.331 e. The zero-order valence-corrected chi connectivity index (χ0v) is 9.76. The van der Waals surface area contributed by atoms with Crippen LogP contribution in [0.25, 0.3) is 0 Å². The van der Waals surface area contributed by atoms with Crippen molar-refractivity contribution in [2.24, 2.45) is 0 Å². The number of rotatable bonds is 4. The van der Waals surface area contributed by atoms with Crippen LogP contribution in [0.5, 0.6) is 0 Å². The van der Waals surface area contributed by atoms with Crippen molar-refractivity contribution in [2.75, 3.05) is 14.2 Å². The van der Waals surface area contributed by atoms with Crippen LogP contribution in [0.4, 0.5) is 0 Å². The van der Waals surface area contributed by atoms with E-state index in [-0.39, 0.29) is 0 Å². The lowest BCUT2D eigenvalue weighted by molar-refractivity contribution is 0.255. The molecule has 0 N–H and O–H groups in total. The quantitative estimate of drug-likeness (QED) is 0.606. The van der Waals surface area contributed by atoms with E-state index in [1.54, 1.807) is 14.2 Å². The zero-order chi connectivity index (χ0) is 8.20. The van der Waals surface area contributed by atoms with Gasteiger partial charge in [-0.05, 0) is 12.2 Å². The van der Waals surface area contributed by atoms with Crippen molar-refractivity contribution >= 4 is 17.4 Å². The first kappa shape index (κ1) is 10.4. The Morgan fingerprint density at radius 2 is 1.60 bits per heavy atom. The molecule has 0 aliphatic heterocycles. The van der Waals surface area contributed by atoms with Gasteiger partial charge in [0, 0.05) is 23.0 Å². The molecule has 0 rings (SSSR count). The summed E-state index contributed by atoms with van der Waals surface area (Å²) in [5, 5.41) is 0. The Bertz CT molecular complexity index is 91.7. The molecule has 62 valence electrons. The van der Waals surface area contributed by atoms with Crippen LogP contribution in [0, 0.1) is 0 Å². The molecule has 0 bridgehead atoms. The SMILES string of the molecule is CO[Si](C)(C[SiH](C)C)OC. The zero-order valence-electron chi connectivity index (χ0n) is 7.60. The second kappa shape index (κ2) is 4.28. The summed E-state index contributed by atoms with van der Waals surface area (Å²) in [5.74, 6) is 0. The van der Waals surface area contributed by atoms with Crippen LogP contribution in [-0.2, 0) is 8.85 Å². The Balaban J connectivity index is 3.80. The van der Waals surface area contributed by atoms with E-state index in [0.717, 1.165) is 0 Å². The van der Waals surface area contributed by atoms with E-state index in [1.807, 2.05) is 0 Å². The lowest BCUT2D eigenvalue weighted by atomic mass is 11.8. The van der Waals surface area contributed by atoms with E-state index in [2.05, 4.69) is 19.6 Å². The molecule has 0 fully saturated rings. The van der Waals surface area contributed by atoms with Crippen LogP contribution in [-0.4, -0.2) is 31.6 Å². The van der Waals surface area contributed by atoms with Crippen molar-refractivity contribution in [3.63, 3.8) is 0 Å². The van der Waals surface area contributed by atoms with Gasteiger partial charge in [-0.1, -0.05) is 13.1 Å². The first-order chi connectivity index (χ1) is 4.54. The molecule has 0 unspecified atom stereocenters. The van der Waals surface area contributed by atoms with Crippen molar-refractivity contribution in [1.29, 1.82) is 0 Å². The molecule has 2 nitrogen and oxygen atoms in total. The highest BCUT2D eigenvalue weighted by Crippen LogP contribution is 2.12. The topological polar surface area (TPSA) is 18.5 Å². The Morgan fingerprint density at radius 1 is 1.20 bits per heavy atom. The average Bonchev–Trinajstić information content (AvgIpc) is 1.87. The highest BCUT2D eigenvalue weighted by atomic mass is 28.4. The van der Waals surface area contributed by atoms with Gasteiger partial charge < -0.3 is 8.85 Å². The second-order valence-electron chi connectivity index (χ2n) is 3.14. The van der Waals surface area contributed by atoms with Gasteiger partial charge in [-0.2, -0.15) is 0 Å². The van der Waals surface area contributed by atoms with E-state index >= 15 is 0 Å². The van der Waals surface area contributed by atoms with E-state index in [0.29, 0.717) is 0 Å². The van der Waals surface area contributed by atoms with E-state index < -0.39 is 17.4 Å². The molecule has 0 aromatic heterocycles. The van der Waals surface area contributed by atoms with Gasteiger partial charge in [-0.3, -0.25) is 0 Å². The second-order valence-corrected chi connectivity index (χ2v) is 10.6. The van der Waals surface area contributed by atoms with Gasteiger partial charge in [0.05, 0.1) is 0 Å². The third-order valence-corrected chi connectivity index (χ3v) is 9.60. The van der Waals surface area contributed by atoms with Gasteiger partial charge in [0.15, 0.2) is 0 Å². The third kappa shape index (κ3) is 3.50. The molecule has 10 heavy (non-hydrogen) atoms. The fourth-order valence-electron chi connectivity index (χ4n) is 0.992. The minimum Gasteiger partial charge on any atom is -0.398 e. The third-order valence-electron chi connectivity index (χ3n) is 1.64. The monoisotopic (exact) mass is 178 g/mol. The van der Waals surface area contributed by atoms with Gasteiger partial charge in [0.2, 0.25) is 0 Å².